The van der Waals surface area contributed by atoms with Gasteiger partial charge in [-0.15, -0.1) is 0 Å². The topological polar surface area (TPSA) is 41.1 Å². The van der Waals surface area contributed by atoms with Crippen LogP contribution >= 0.6 is 0 Å². The van der Waals surface area contributed by atoms with E-state index in [1.807, 2.05) is 36.4 Å². The van der Waals surface area contributed by atoms with E-state index in [2.05, 4.69) is 20.2 Å². The van der Waals surface area contributed by atoms with E-state index < -0.39 is 0 Å². The highest BCUT2D eigenvalue weighted by Crippen LogP contribution is 2.27. The lowest BCUT2D eigenvalue weighted by atomic mass is 10.1. The average molecular weight is 348 g/mol. The highest BCUT2D eigenvalue weighted by Gasteiger charge is 2.16. The van der Waals surface area contributed by atoms with Gasteiger partial charge in [0.05, 0.1) is 11.4 Å². The Morgan fingerprint density at radius 1 is 0.846 bits per heavy atom. The molecule has 0 atom stereocenters. The summed E-state index contributed by atoms with van der Waals surface area (Å²) in [6, 6.07) is 18.6. The number of nitrogens with zero attached hydrogens (tertiary/aromatic N) is 3. The van der Waals surface area contributed by atoms with Crippen molar-refractivity contribution in [2.24, 2.45) is 0 Å². The van der Waals surface area contributed by atoms with Gasteiger partial charge >= 0.3 is 0 Å². The number of anilines is 3. The second-order valence-electron chi connectivity index (χ2n) is 6.45. The average Bonchev–Trinajstić information content (AvgIpc) is 2.71. The van der Waals surface area contributed by atoms with Crippen LogP contribution in [0.25, 0.3) is 11.3 Å². The molecule has 4 rings (SSSR count). The Kier molecular flexibility index (Phi) is 4.78. The van der Waals surface area contributed by atoms with Crippen LogP contribution in [0.4, 0.5) is 21.8 Å². The van der Waals surface area contributed by atoms with Gasteiger partial charge in [-0.3, -0.25) is 0 Å². The highest BCUT2D eigenvalue weighted by atomic mass is 19.1. The zero-order chi connectivity index (χ0) is 17.8. The van der Waals surface area contributed by atoms with Gasteiger partial charge in [0, 0.05) is 24.7 Å². The van der Waals surface area contributed by atoms with Gasteiger partial charge in [0.15, 0.2) is 0 Å². The van der Waals surface area contributed by atoms with Crippen LogP contribution in [0, 0.1) is 5.82 Å². The fourth-order valence-electron chi connectivity index (χ4n) is 3.22. The monoisotopic (exact) mass is 348 g/mol. The lowest BCUT2D eigenvalue weighted by molar-refractivity contribution is 0.573. The van der Waals surface area contributed by atoms with E-state index in [0.717, 1.165) is 30.2 Å². The van der Waals surface area contributed by atoms with Crippen molar-refractivity contribution in [3.8, 4) is 11.3 Å². The largest absolute Gasteiger partial charge is 0.356 e. The van der Waals surface area contributed by atoms with Crippen molar-refractivity contribution in [3.05, 3.63) is 66.5 Å². The van der Waals surface area contributed by atoms with Gasteiger partial charge in [0.1, 0.15) is 11.6 Å². The number of halogens is 1. The SMILES string of the molecule is Fc1ccccc1Nc1nc(-c2ccccc2)cc(N2CCCCC2)n1. The predicted molar refractivity (Wildman–Crippen MR) is 103 cm³/mol. The Bertz CT molecular complexity index is 876. The summed E-state index contributed by atoms with van der Waals surface area (Å²) < 4.78 is 14.0. The molecule has 5 heteroatoms. The number of nitrogens with one attached hydrogen (secondary N) is 1. The zero-order valence-corrected chi connectivity index (χ0v) is 14.5. The Morgan fingerprint density at radius 3 is 2.35 bits per heavy atom. The molecular formula is C21H21FN4. The first-order valence-electron chi connectivity index (χ1n) is 9.00. The molecular weight excluding hydrogens is 327 g/mol. The van der Waals surface area contributed by atoms with E-state index in [-0.39, 0.29) is 5.82 Å². The summed E-state index contributed by atoms with van der Waals surface area (Å²) in [5, 5.41) is 3.04. The Morgan fingerprint density at radius 2 is 1.58 bits per heavy atom. The number of hydrogen-bond donors (Lipinski definition) is 1. The first-order chi connectivity index (χ1) is 12.8. The fraction of sp³-hybridized carbons (Fsp3) is 0.238. The van der Waals surface area contributed by atoms with Crippen LogP contribution < -0.4 is 10.2 Å². The van der Waals surface area contributed by atoms with Crippen molar-refractivity contribution >= 4 is 17.5 Å². The van der Waals surface area contributed by atoms with Gasteiger partial charge in [0.25, 0.3) is 0 Å². The van der Waals surface area contributed by atoms with Crippen LogP contribution in [0.5, 0.6) is 0 Å². The molecule has 0 bridgehead atoms. The normalized spacial score (nSPS) is 14.3. The Hall–Kier alpha value is -2.95. The Balaban J connectivity index is 1.73. The van der Waals surface area contributed by atoms with Crippen LogP contribution in [0.2, 0.25) is 0 Å². The van der Waals surface area contributed by atoms with Gasteiger partial charge in [-0.25, -0.2) is 9.37 Å². The number of rotatable bonds is 4. The molecule has 1 fully saturated rings. The van der Waals surface area contributed by atoms with E-state index in [0.29, 0.717) is 11.6 Å². The van der Waals surface area contributed by atoms with Crippen molar-refractivity contribution in [2.75, 3.05) is 23.3 Å². The van der Waals surface area contributed by atoms with Gasteiger partial charge < -0.3 is 10.2 Å². The number of para-hydroxylation sites is 1. The summed E-state index contributed by atoms with van der Waals surface area (Å²) in [5.74, 6) is 0.982. The van der Waals surface area contributed by atoms with E-state index >= 15 is 0 Å². The number of aromatic nitrogens is 2. The second-order valence-corrected chi connectivity index (χ2v) is 6.45. The molecule has 1 N–H and O–H groups in total. The van der Waals surface area contributed by atoms with Crippen molar-refractivity contribution in [1.82, 2.24) is 9.97 Å². The molecule has 0 radical (unpaired) electrons. The first kappa shape index (κ1) is 16.5. The molecule has 1 saturated heterocycles. The van der Waals surface area contributed by atoms with E-state index in [1.165, 1.54) is 25.3 Å². The Labute approximate surface area is 152 Å². The number of hydrogen-bond acceptors (Lipinski definition) is 4. The molecule has 0 saturated carbocycles. The standard InChI is InChI=1S/C21H21FN4/c22-17-11-5-6-12-18(17)23-21-24-19(16-9-3-1-4-10-16)15-20(25-21)26-13-7-2-8-14-26/h1,3-6,9-12,15H,2,7-8,13-14H2,(H,23,24,25). The van der Waals surface area contributed by atoms with Gasteiger partial charge in [-0.2, -0.15) is 4.98 Å². The van der Waals surface area contributed by atoms with E-state index in [4.69, 9.17) is 0 Å². The molecule has 0 amide bonds. The molecule has 1 aliphatic heterocycles. The summed E-state index contributed by atoms with van der Waals surface area (Å²) in [5.41, 5.74) is 2.23. The molecule has 132 valence electrons. The van der Waals surface area contributed by atoms with Crippen LogP contribution in [0.1, 0.15) is 19.3 Å². The molecule has 0 spiro atoms. The smallest absolute Gasteiger partial charge is 0.229 e. The summed E-state index contributed by atoms with van der Waals surface area (Å²) in [7, 11) is 0. The number of piperidine rings is 1. The maximum atomic E-state index is 14.0. The summed E-state index contributed by atoms with van der Waals surface area (Å²) in [6.07, 6.45) is 3.59. The summed E-state index contributed by atoms with van der Waals surface area (Å²) >= 11 is 0. The molecule has 3 aromatic rings. The molecule has 4 nitrogen and oxygen atoms in total. The molecule has 1 aliphatic rings. The third-order valence-corrected chi connectivity index (χ3v) is 4.58. The van der Waals surface area contributed by atoms with Crippen molar-refractivity contribution in [2.45, 2.75) is 19.3 Å². The third-order valence-electron chi connectivity index (χ3n) is 4.58. The van der Waals surface area contributed by atoms with Crippen molar-refractivity contribution in [3.63, 3.8) is 0 Å². The molecule has 2 aromatic carbocycles. The number of benzene rings is 2. The minimum atomic E-state index is -0.319. The summed E-state index contributed by atoms with van der Waals surface area (Å²) in [4.78, 5) is 11.6. The molecule has 26 heavy (non-hydrogen) atoms. The van der Waals surface area contributed by atoms with E-state index in [9.17, 15) is 4.39 Å². The highest BCUT2D eigenvalue weighted by molar-refractivity contribution is 5.66. The molecule has 2 heterocycles. The third kappa shape index (κ3) is 3.67. The predicted octanol–water partition coefficient (Wildman–Crippen LogP) is 5.02. The maximum absolute atomic E-state index is 14.0. The molecule has 0 aliphatic carbocycles. The van der Waals surface area contributed by atoms with Crippen molar-refractivity contribution in [1.29, 1.82) is 0 Å². The van der Waals surface area contributed by atoms with E-state index in [1.54, 1.807) is 18.2 Å². The zero-order valence-electron chi connectivity index (χ0n) is 14.5. The lowest BCUT2D eigenvalue weighted by Gasteiger charge is -2.28. The first-order valence-corrected chi connectivity index (χ1v) is 9.00. The minimum Gasteiger partial charge on any atom is -0.356 e. The maximum Gasteiger partial charge on any atom is 0.229 e. The van der Waals surface area contributed by atoms with Gasteiger partial charge in [-0.05, 0) is 31.4 Å². The van der Waals surface area contributed by atoms with Crippen LogP contribution in [0.15, 0.2) is 60.7 Å². The quantitative estimate of drug-likeness (QED) is 0.719. The van der Waals surface area contributed by atoms with Crippen LogP contribution in [0.3, 0.4) is 0 Å². The minimum absolute atomic E-state index is 0.319. The fourth-order valence-corrected chi connectivity index (χ4v) is 3.22. The van der Waals surface area contributed by atoms with Crippen molar-refractivity contribution < 1.29 is 4.39 Å². The molecule has 0 unspecified atom stereocenters. The van der Waals surface area contributed by atoms with Gasteiger partial charge in [-0.1, -0.05) is 42.5 Å². The van der Waals surface area contributed by atoms with Crippen LogP contribution in [-0.2, 0) is 0 Å². The second kappa shape index (κ2) is 7.52. The van der Waals surface area contributed by atoms with Crippen LogP contribution in [-0.4, -0.2) is 23.1 Å². The lowest BCUT2D eigenvalue weighted by Crippen LogP contribution is -2.30. The summed E-state index contributed by atoms with van der Waals surface area (Å²) in [6.45, 7) is 1.98. The van der Waals surface area contributed by atoms with Gasteiger partial charge in [0.2, 0.25) is 5.95 Å². The molecule has 1 aromatic heterocycles.